The summed E-state index contributed by atoms with van der Waals surface area (Å²) in [5.74, 6) is 0.902. The van der Waals surface area contributed by atoms with E-state index >= 15 is 0 Å². The zero-order chi connectivity index (χ0) is 44.6. The van der Waals surface area contributed by atoms with Crippen molar-refractivity contribution in [1.82, 2.24) is 34.5 Å². The third-order valence-electron chi connectivity index (χ3n) is 12.5. The van der Waals surface area contributed by atoms with Gasteiger partial charge in [0.05, 0.1) is 53.7 Å². The molecule has 0 unspecified atom stereocenters. The first-order valence-corrected chi connectivity index (χ1v) is 21.9. The van der Waals surface area contributed by atoms with E-state index in [-0.39, 0.29) is 47.5 Å². The van der Waals surface area contributed by atoms with Gasteiger partial charge in [0.15, 0.2) is 5.82 Å². The number of aromatic nitrogens is 5. The second kappa shape index (κ2) is 17.7. The normalized spacial score (nSPS) is 16.7. The number of carbonyl (C=O) groups is 1. The maximum absolute atomic E-state index is 13.0. The van der Waals surface area contributed by atoms with Gasteiger partial charge in [-0.3, -0.25) is 9.69 Å². The Balaban J connectivity index is 0.895. The number of phenols is 2. The van der Waals surface area contributed by atoms with E-state index in [1.54, 1.807) is 11.0 Å². The number of benzene rings is 4. The van der Waals surface area contributed by atoms with Gasteiger partial charge < -0.3 is 29.6 Å². The first kappa shape index (κ1) is 42.4. The lowest BCUT2D eigenvalue weighted by Gasteiger charge is -2.42. The number of nitrogens with zero attached hydrogens (tertiary/aromatic N) is 9. The number of phenolic OH excluding ortho intramolecular Hbond substituents is 2. The molecule has 15 nitrogen and oxygen atoms in total. The van der Waals surface area contributed by atoms with Gasteiger partial charge in [-0.2, -0.15) is 20.3 Å². The van der Waals surface area contributed by atoms with Gasteiger partial charge in [0.25, 0.3) is 0 Å². The van der Waals surface area contributed by atoms with Crippen LogP contribution in [0.15, 0.2) is 90.2 Å². The van der Waals surface area contributed by atoms with Crippen LogP contribution >= 0.6 is 11.6 Å². The number of ether oxygens (including phenoxy) is 1. The van der Waals surface area contributed by atoms with E-state index < -0.39 is 5.69 Å². The van der Waals surface area contributed by atoms with Gasteiger partial charge in [-0.15, -0.1) is 0 Å². The lowest BCUT2D eigenvalue weighted by molar-refractivity contribution is -0.128. The number of nitrogens with one attached hydrogen (secondary N) is 1. The van der Waals surface area contributed by atoms with Gasteiger partial charge in [0, 0.05) is 74.4 Å². The van der Waals surface area contributed by atoms with Crippen LogP contribution in [0.3, 0.4) is 0 Å². The van der Waals surface area contributed by atoms with Crippen molar-refractivity contribution in [1.29, 1.82) is 5.26 Å². The number of carbonyl (C=O) groups excluding carboxylic acids is 1. The highest BCUT2D eigenvalue weighted by Crippen LogP contribution is 2.39. The quantitative estimate of drug-likeness (QED) is 0.113. The lowest BCUT2D eigenvalue weighted by Crippen LogP contribution is -2.55. The number of hydrogen-bond acceptors (Lipinski definition) is 12. The van der Waals surface area contributed by atoms with Crippen LogP contribution in [0.1, 0.15) is 48.6 Å². The molecule has 0 spiro atoms. The van der Waals surface area contributed by atoms with Gasteiger partial charge in [-0.1, -0.05) is 68.4 Å². The molecule has 5 heterocycles. The molecule has 1 amide bonds. The molecular formula is C48H49ClN10O5. The summed E-state index contributed by atoms with van der Waals surface area (Å²) >= 11 is 6.77. The van der Waals surface area contributed by atoms with E-state index in [1.807, 2.05) is 56.3 Å². The molecule has 0 aliphatic carbocycles. The summed E-state index contributed by atoms with van der Waals surface area (Å²) in [4.78, 5) is 44.3. The van der Waals surface area contributed by atoms with E-state index in [0.29, 0.717) is 73.6 Å². The monoisotopic (exact) mass is 880 g/mol. The van der Waals surface area contributed by atoms with Crippen LogP contribution in [-0.4, -0.2) is 103 Å². The number of likely N-dealkylation sites (tertiary alicyclic amines) is 1. The minimum Gasteiger partial charge on any atom is -0.508 e. The van der Waals surface area contributed by atoms with E-state index in [1.165, 1.54) is 16.7 Å². The summed E-state index contributed by atoms with van der Waals surface area (Å²) in [5.41, 5.74) is 5.15. The largest absolute Gasteiger partial charge is 0.508 e. The predicted octanol–water partition coefficient (Wildman–Crippen LogP) is 6.55. The number of aromatic amines is 1. The first-order chi connectivity index (χ1) is 31.0. The molecule has 2 fully saturated rings. The number of hydrogen-bond donors (Lipinski definition) is 3. The molecule has 328 valence electrons. The Morgan fingerprint density at radius 2 is 1.80 bits per heavy atom. The van der Waals surface area contributed by atoms with Crippen LogP contribution < -0.4 is 20.2 Å². The molecule has 2 saturated heterocycles. The molecule has 3 aliphatic heterocycles. The molecular weight excluding hydrogens is 832 g/mol. The molecule has 2 aromatic heterocycles. The van der Waals surface area contributed by atoms with Crippen molar-refractivity contribution in [3.05, 3.63) is 123 Å². The molecule has 0 radical (unpaired) electrons. The van der Waals surface area contributed by atoms with Crippen molar-refractivity contribution >= 4 is 39.8 Å². The SMILES string of the molecule is C=CC(=O)N1CCN(c2nc(OCC3CN(Cc4ccc(-n5c(-c6cc(C(C)C)c(O)cc6O)n[nH]c5=O)cc4)C3)nc3c2CCN(c2cccc4cccc(Cl)c24)C3)C[C@@H]1CC#N. The number of piperazine rings is 1. The summed E-state index contributed by atoms with van der Waals surface area (Å²) in [6.45, 7) is 13.0. The molecule has 4 aromatic carbocycles. The summed E-state index contributed by atoms with van der Waals surface area (Å²) < 4.78 is 7.83. The smallest absolute Gasteiger partial charge is 0.348 e. The summed E-state index contributed by atoms with van der Waals surface area (Å²) in [5, 5.41) is 40.2. The fourth-order valence-corrected chi connectivity index (χ4v) is 9.54. The highest BCUT2D eigenvalue weighted by atomic mass is 35.5. The third-order valence-corrected chi connectivity index (χ3v) is 12.8. The molecule has 0 saturated carbocycles. The van der Waals surface area contributed by atoms with E-state index in [4.69, 9.17) is 26.3 Å². The molecule has 64 heavy (non-hydrogen) atoms. The fraction of sp³-hybridized carbons (Fsp3) is 0.333. The second-order valence-corrected chi connectivity index (χ2v) is 17.5. The Hall–Kier alpha value is -6.89. The minimum absolute atomic E-state index is 0.0108. The molecule has 0 bridgehead atoms. The van der Waals surface area contributed by atoms with E-state index in [2.05, 4.69) is 55.7 Å². The van der Waals surface area contributed by atoms with Crippen LogP contribution in [0.5, 0.6) is 17.5 Å². The van der Waals surface area contributed by atoms with Crippen LogP contribution in [0.4, 0.5) is 11.5 Å². The second-order valence-electron chi connectivity index (χ2n) is 17.0. The summed E-state index contributed by atoms with van der Waals surface area (Å²) in [7, 11) is 0. The van der Waals surface area contributed by atoms with Crippen molar-refractivity contribution in [2.45, 2.75) is 51.7 Å². The standard InChI is InChI=1S/C48H49ClN10O5/c1-4-43(62)58-20-19-57(26-34(58)15-17-50)45-35-16-18-56(40-10-6-8-32-7-5-9-38(49)44(32)40)27-39(35)51-47(52-45)64-28-31-24-55(25-31)23-30-11-13-33(14-12-30)59-46(53-54-48(59)63)37-21-36(29(2)3)41(60)22-42(37)61/h4-14,21-22,29,31,34,60-61H,1,15-16,18-20,23-28H2,2-3H3,(H,54,63)/t34-/m0/s1. The van der Waals surface area contributed by atoms with Crippen LogP contribution in [0, 0.1) is 17.2 Å². The number of rotatable bonds is 12. The van der Waals surface area contributed by atoms with Crippen LogP contribution in [-0.2, 0) is 24.3 Å². The topological polar surface area (TPSA) is 180 Å². The molecule has 1 atom stereocenters. The molecule has 3 N–H and O–H groups in total. The van der Waals surface area contributed by atoms with Gasteiger partial charge >= 0.3 is 11.7 Å². The van der Waals surface area contributed by atoms with Gasteiger partial charge in [0.2, 0.25) is 5.91 Å². The lowest BCUT2D eigenvalue weighted by atomic mass is 9.98. The van der Waals surface area contributed by atoms with E-state index in [0.717, 1.165) is 58.7 Å². The molecule has 3 aliphatic rings. The van der Waals surface area contributed by atoms with Gasteiger partial charge in [0.1, 0.15) is 17.3 Å². The number of H-pyrrole nitrogens is 1. The Labute approximate surface area is 375 Å². The van der Waals surface area contributed by atoms with Crippen molar-refractivity contribution in [3.8, 4) is 40.7 Å². The number of halogens is 1. The Bertz CT molecular complexity index is 2840. The maximum atomic E-state index is 13.0. The molecule has 9 rings (SSSR count). The van der Waals surface area contributed by atoms with Crippen LogP contribution in [0.25, 0.3) is 27.8 Å². The highest BCUT2D eigenvalue weighted by Gasteiger charge is 2.34. The van der Waals surface area contributed by atoms with Crippen molar-refractivity contribution in [2.75, 3.05) is 55.7 Å². The van der Waals surface area contributed by atoms with Crippen molar-refractivity contribution in [2.24, 2.45) is 5.92 Å². The minimum atomic E-state index is -0.445. The highest BCUT2D eigenvalue weighted by molar-refractivity contribution is 6.36. The number of nitriles is 1. The van der Waals surface area contributed by atoms with E-state index in [9.17, 15) is 25.1 Å². The Morgan fingerprint density at radius 1 is 1.02 bits per heavy atom. The van der Waals surface area contributed by atoms with Crippen LogP contribution in [0.2, 0.25) is 5.02 Å². The predicted molar refractivity (Wildman–Crippen MR) is 245 cm³/mol. The molecule has 6 aromatic rings. The Kier molecular flexibility index (Phi) is 11.7. The van der Waals surface area contributed by atoms with Crippen molar-refractivity contribution < 1.29 is 19.7 Å². The summed E-state index contributed by atoms with van der Waals surface area (Å²) in [6.07, 6.45) is 2.20. The van der Waals surface area contributed by atoms with Gasteiger partial charge in [-0.25, -0.2) is 14.5 Å². The number of amides is 1. The number of anilines is 2. The zero-order valence-electron chi connectivity index (χ0n) is 35.7. The van der Waals surface area contributed by atoms with Crippen molar-refractivity contribution in [3.63, 3.8) is 0 Å². The summed E-state index contributed by atoms with van der Waals surface area (Å²) in [6, 6.07) is 25.0. The van der Waals surface area contributed by atoms with Gasteiger partial charge in [-0.05, 0) is 65.3 Å². The molecule has 16 heteroatoms. The number of aromatic hydroxyl groups is 2. The third kappa shape index (κ3) is 8.22. The zero-order valence-corrected chi connectivity index (χ0v) is 36.5. The average Bonchev–Trinajstić information content (AvgIpc) is 3.66. The fourth-order valence-electron chi connectivity index (χ4n) is 9.26. The first-order valence-electron chi connectivity index (χ1n) is 21.5. The Morgan fingerprint density at radius 3 is 2.55 bits per heavy atom. The average molecular weight is 881 g/mol. The maximum Gasteiger partial charge on any atom is 0.348 e. The number of fused-ring (bicyclic) bond motifs is 2.